The van der Waals surface area contributed by atoms with Crippen LogP contribution in [0.2, 0.25) is 0 Å². The Labute approximate surface area is 188 Å². The van der Waals surface area contributed by atoms with E-state index in [-0.39, 0.29) is 5.41 Å². The van der Waals surface area contributed by atoms with Crippen LogP contribution >= 0.6 is 12.6 Å². The zero-order chi connectivity index (χ0) is 22.7. The maximum Gasteiger partial charge on any atom is 0.131 e. The van der Waals surface area contributed by atoms with E-state index in [1.165, 1.54) is 16.7 Å². The summed E-state index contributed by atoms with van der Waals surface area (Å²) in [7, 11) is 2.15. The summed E-state index contributed by atoms with van der Waals surface area (Å²) in [5.74, 6) is 1.68. The molecule has 0 aliphatic rings. The van der Waals surface area contributed by atoms with Crippen LogP contribution in [0, 0.1) is 19.3 Å². The zero-order valence-electron chi connectivity index (χ0n) is 19.3. The third-order valence-corrected chi connectivity index (χ3v) is 5.53. The van der Waals surface area contributed by atoms with E-state index in [0.717, 1.165) is 30.8 Å². The molecule has 0 aromatic heterocycles. The van der Waals surface area contributed by atoms with Crippen LogP contribution in [0.5, 0.6) is 5.75 Å². The van der Waals surface area contributed by atoms with Crippen LogP contribution in [0.1, 0.15) is 43.0 Å². The van der Waals surface area contributed by atoms with Crippen molar-refractivity contribution in [3.63, 3.8) is 0 Å². The van der Waals surface area contributed by atoms with Gasteiger partial charge in [0.05, 0.1) is 0 Å². The summed E-state index contributed by atoms with van der Waals surface area (Å²) < 4.78 is 5.47. The third kappa shape index (κ3) is 7.62. The first-order valence-electron chi connectivity index (χ1n) is 10.3. The van der Waals surface area contributed by atoms with E-state index in [4.69, 9.17) is 10.1 Å². The van der Waals surface area contributed by atoms with Crippen LogP contribution in [0.25, 0.3) is 0 Å². The van der Waals surface area contributed by atoms with Gasteiger partial charge < -0.3 is 9.64 Å². The number of ether oxygens (including phenoxy) is 1. The Kier molecular flexibility index (Phi) is 10.8. The molecule has 4 nitrogen and oxygen atoms in total. The average Bonchev–Trinajstić information content (AvgIpc) is 2.75. The molecule has 164 valence electrons. The molecular formula is C25H37N3OS. The van der Waals surface area contributed by atoms with Gasteiger partial charge in [0.15, 0.2) is 0 Å². The molecule has 1 N–H and O–H groups in total. The van der Waals surface area contributed by atoms with Gasteiger partial charge in [-0.2, -0.15) is 0 Å². The highest BCUT2D eigenvalue weighted by Gasteiger charge is 2.24. The number of nitrogens with zero attached hydrogens (tertiary/aromatic N) is 2. The van der Waals surface area contributed by atoms with Crippen LogP contribution in [-0.2, 0) is 11.8 Å². The highest BCUT2D eigenvalue weighted by molar-refractivity contribution is 7.80. The summed E-state index contributed by atoms with van der Waals surface area (Å²) in [6.07, 6.45) is 1.10. The number of aliphatic imine (C=N–C) groups is 1. The molecule has 0 aliphatic carbocycles. The van der Waals surface area contributed by atoms with Crippen LogP contribution in [-0.4, -0.2) is 43.5 Å². The summed E-state index contributed by atoms with van der Waals surface area (Å²) >= 11 is 4.09. The molecule has 0 radical (unpaired) electrons. The zero-order valence-corrected chi connectivity index (χ0v) is 20.2. The highest BCUT2D eigenvalue weighted by Crippen LogP contribution is 2.24. The van der Waals surface area contributed by atoms with E-state index in [1.807, 2.05) is 44.2 Å². The van der Waals surface area contributed by atoms with Crippen molar-refractivity contribution in [2.75, 3.05) is 26.1 Å². The topological polar surface area (TPSA) is 48.7 Å². The van der Waals surface area contributed by atoms with E-state index < -0.39 is 0 Å². The lowest BCUT2D eigenvalue weighted by Crippen LogP contribution is -2.26. The predicted octanol–water partition coefficient (Wildman–Crippen LogP) is 5.71. The molecule has 30 heavy (non-hydrogen) atoms. The first-order valence-corrected chi connectivity index (χ1v) is 10.9. The Morgan fingerprint density at radius 1 is 1.17 bits per heavy atom. The largest absolute Gasteiger partial charge is 0.483 e. The number of nitrogens with one attached hydrogen (secondary N) is 1. The lowest BCUT2D eigenvalue weighted by molar-refractivity contribution is 0.357. The van der Waals surface area contributed by atoms with E-state index in [2.05, 4.69) is 69.2 Å². The standard InChI is InChI=1S/C14H23NOS.C11H14N2/c1-5-15(4)7-6-13-8-12(3)14(16-10-17)9-11(13)2;1-11(2,10(12)13-3)9-7-5-4-6-8-9/h8-9,17H,5-7,10H2,1-4H3;4-8,12H,3H2,1-2H3. The monoisotopic (exact) mass is 427 g/mol. The summed E-state index contributed by atoms with van der Waals surface area (Å²) in [6.45, 7) is 15.9. The van der Waals surface area contributed by atoms with E-state index in [0.29, 0.717) is 11.8 Å². The van der Waals surface area contributed by atoms with Crippen molar-refractivity contribution in [2.45, 2.75) is 46.5 Å². The Balaban J connectivity index is 0.000000311. The quantitative estimate of drug-likeness (QED) is 0.245. The van der Waals surface area contributed by atoms with Crippen molar-refractivity contribution in [3.8, 4) is 5.75 Å². The van der Waals surface area contributed by atoms with Crippen LogP contribution < -0.4 is 4.74 Å². The van der Waals surface area contributed by atoms with Crippen molar-refractivity contribution in [1.82, 2.24) is 4.90 Å². The molecule has 0 aliphatic heterocycles. The van der Waals surface area contributed by atoms with E-state index >= 15 is 0 Å². The number of thiol groups is 1. The highest BCUT2D eigenvalue weighted by atomic mass is 32.1. The van der Waals surface area contributed by atoms with Gasteiger partial charge in [0.2, 0.25) is 0 Å². The van der Waals surface area contributed by atoms with Gasteiger partial charge in [0.25, 0.3) is 0 Å². The van der Waals surface area contributed by atoms with Crippen LogP contribution in [0.4, 0.5) is 0 Å². The lowest BCUT2D eigenvalue weighted by atomic mass is 9.83. The molecule has 5 heteroatoms. The van der Waals surface area contributed by atoms with Gasteiger partial charge in [0.1, 0.15) is 17.5 Å². The minimum absolute atomic E-state index is 0.304. The third-order valence-electron chi connectivity index (χ3n) is 5.40. The first kappa shape index (κ1) is 25.9. The SMILES string of the molecule is C=NC(=N)C(C)(C)c1ccccc1.CCN(C)CCc1cc(C)c(OCS)cc1C. The van der Waals surface area contributed by atoms with Gasteiger partial charge in [-0.1, -0.05) is 43.3 Å². The minimum Gasteiger partial charge on any atom is -0.483 e. The number of hydrogen-bond acceptors (Lipinski definition) is 4. The van der Waals surface area contributed by atoms with Crippen molar-refractivity contribution in [2.24, 2.45) is 4.99 Å². The lowest BCUT2D eigenvalue weighted by Gasteiger charge is -2.22. The van der Waals surface area contributed by atoms with E-state index in [9.17, 15) is 0 Å². The van der Waals surface area contributed by atoms with Crippen LogP contribution in [0.15, 0.2) is 47.5 Å². The van der Waals surface area contributed by atoms with Crippen molar-refractivity contribution < 1.29 is 4.74 Å². The van der Waals surface area contributed by atoms with Gasteiger partial charge in [0, 0.05) is 12.0 Å². The smallest absolute Gasteiger partial charge is 0.131 e. The number of amidine groups is 1. The molecule has 0 bridgehead atoms. The summed E-state index contributed by atoms with van der Waals surface area (Å²) in [5.41, 5.74) is 4.65. The van der Waals surface area contributed by atoms with Gasteiger partial charge >= 0.3 is 0 Å². The molecule has 0 amide bonds. The molecule has 2 rings (SSSR count). The molecule has 0 fully saturated rings. The summed E-state index contributed by atoms with van der Waals surface area (Å²) in [6, 6.07) is 14.2. The molecule has 2 aromatic carbocycles. The second-order valence-corrected chi connectivity index (χ2v) is 8.22. The van der Waals surface area contributed by atoms with Crippen LogP contribution in [0.3, 0.4) is 0 Å². The Morgan fingerprint density at radius 3 is 2.33 bits per heavy atom. The number of rotatable bonds is 8. The minimum atomic E-state index is -0.344. The predicted molar refractivity (Wildman–Crippen MR) is 134 cm³/mol. The van der Waals surface area contributed by atoms with E-state index in [1.54, 1.807) is 0 Å². The van der Waals surface area contributed by atoms with Crippen molar-refractivity contribution in [3.05, 3.63) is 64.7 Å². The average molecular weight is 428 g/mol. The Bertz CT molecular complexity index is 819. The van der Waals surface area contributed by atoms with Crippen molar-refractivity contribution in [1.29, 1.82) is 5.41 Å². The Morgan fingerprint density at radius 2 is 1.80 bits per heavy atom. The fourth-order valence-electron chi connectivity index (χ4n) is 3.00. The molecule has 0 atom stereocenters. The normalized spacial score (nSPS) is 10.9. The number of likely N-dealkylation sites (N-methyl/N-ethyl adjacent to an activating group) is 1. The first-order chi connectivity index (χ1) is 14.2. The molecule has 0 saturated carbocycles. The van der Waals surface area contributed by atoms with Gasteiger partial charge in [-0.15, -0.1) is 12.6 Å². The van der Waals surface area contributed by atoms with Gasteiger partial charge in [-0.25, -0.2) is 4.99 Å². The molecule has 0 spiro atoms. The fraction of sp³-hybridized carbons (Fsp3) is 0.440. The fourth-order valence-corrected chi connectivity index (χ4v) is 3.14. The molecular weight excluding hydrogens is 390 g/mol. The Hall–Kier alpha value is -2.11. The molecule has 0 heterocycles. The molecule has 2 aromatic rings. The number of benzene rings is 2. The number of aryl methyl sites for hydroxylation is 2. The molecule has 0 unspecified atom stereocenters. The maximum absolute atomic E-state index is 7.65. The second-order valence-electron chi connectivity index (χ2n) is 7.96. The van der Waals surface area contributed by atoms with Gasteiger partial charge in [-0.05, 0) is 82.7 Å². The van der Waals surface area contributed by atoms with Gasteiger partial charge in [-0.3, -0.25) is 5.41 Å². The molecule has 0 saturated heterocycles. The summed E-state index contributed by atoms with van der Waals surface area (Å²) in [4.78, 5) is 6.00. The number of hydrogen-bond donors (Lipinski definition) is 2. The maximum atomic E-state index is 7.65. The summed E-state index contributed by atoms with van der Waals surface area (Å²) in [5, 5.41) is 7.65. The second kappa shape index (κ2) is 12.6. The van der Waals surface area contributed by atoms with Crippen molar-refractivity contribution >= 4 is 25.2 Å².